The van der Waals surface area contributed by atoms with Gasteiger partial charge in [-0.25, -0.2) is 0 Å². The first-order valence-electron chi connectivity index (χ1n) is 6.75. The summed E-state index contributed by atoms with van der Waals surface area (Å²) in [6.07, 6.45) is 0. The summed E-state index contributed by atoms with van der Waals surface area (Å²) in [7, 11) is -0.0421. The zero-order chi connectivity index (χ0) is 14.7. The molecule has 0 N–H and O–H groups in total. The summed E-state index contributed by atoms with van der Waals surface area (Å²) in [4.78, 5) is 0. The maximum Gasteiger partial charge on any atom is 0.337 e. The fraction of sp³-hybridized carbons (Fsp3) is 1.00. The summed E-state index contributed by atoms with van der Waals surface area (Å²) in [5.41, 5.74) is 0. The van der Waals surface area contributed by atoms with Crippen LogP contribution in [0.5, 0.6) is 0 Å². The van der Waals surface area contributed by atoms with Crippen molar-refractivity contribution in [3.63, 3.8) is 0 Å². The van der Waals surface area contributed by atoms with Crippen molar-refractivity contribution >= 4 is 17.1 Å². The second-order valence-electron chi connectivity index (χ2n) is 4.29. The van der Waals surface area contributed by atoms with Gasteiger partial charge in [-0.3, -0.25) is 0 Å². The minimum atomic E-state index is -1.74. The largest absolute Gasteiger partial charge is 0.398 e. The van der Waals surface area contributed by atoms with E-state index in [4.69, 9.17) is 17.7 Å². The molecule has 0 aromatic carbocycles. The quantitative estimate of drug-likeness (QED) is 0.642. The summed E-state index contributed by atoms with van der Waals surface area (Å²) in [5.74, 6) is 0. The molecule has 0 aromatic rings. The second-order valence-corrected chi connectivity index (χ2v) is 11.7. The van der Waals surface area contributed by atoms with Crippen LogP contribution in [0.4, 0.5) is 0 Å². The summed E-state index contributed by atoms with van der Waals surface area (Å²) in [5, 5.41) is 0. The van der Waals surface area contributed by atoms with Crippen LogP contribution in [0.1, 0.15) is 27.7 Å². The van der Waals surface area contributed by atoms with Gasteiger partial charge in [0.2, 0.25) is 0 Å². The van der Waals surface area contributed by atoms with Crippen LogP contribution in [-0.4, -0.2) is 44.6 Å². The van der Waals surface area contributed by atoms with E-state index >= 15 is 0 Å². The van der Waals surface area contributed by atoms with Gasteiger partial charge >= 0.3 is 17.1 Å². The molecule has 0 saturated heterocycles. The third kappa shape index (κ3) is 9.24. The van der Waals surface area contributed by atoms with Gasteiger partial charge in [0.05, 0.1) is 0 Å². The van der Waals surface area contributed by atoms with Gasteiger partial charge in [-0.1, -0.05) is 13.8 Å². The van der Waals surface area contributed by atoms with Crippen molar-refractivity contribution < 1.29 is 17.7 Å². The molecule has 0 aliphatic heterocycles. The molecule has 0 amide bonds. The Balaban J connectivity index is 0. The standard InChI is InChI=1S/C8H20O2Si.C4H12O2Si/c1-5-9-11(7-3,8-4)10-6-2;1-5-7(3,4)6-2/h5-8H2,1-4H3;1-4H3. The Hall–Kier alpha value is 0.274. The molecular formula is C12H32O4Si2. The van der Waals surface area contributed by atoms with E-state index < -0.39 is 17.1 Å². The molecule has 0 spiro atoms. The van der Waals surface area contributed by atoms with Crippen molar-refractivity contribution in [2.45, 2.75) is 52.9 Å². The highest BCUT2D eigenvalue weighted by Crippen LogP contribution is 2.17. The van der Waals surface area contributed by atoms with E-state index in [0.29, 0.717) is 0 Å². The molecule has 0 fully saturated rings. The first kappa shape index (κ1) is 20.6. The van der Waals surface area contributed by atoms with Gasteiger partial charge in [0.1, 0.15) is 0 Å². The fourth-order valence-electron chi connectivity index (χ4n) is 1.31. The minimum Gasteiger partial charge on any atom is -0.398 e. The second kappa shape index (κ2) is 11.1. The van der Waals surface area contributed by atoms with E-state index in [1.165, 1.54) is 0 Å². The van der Waals surface area contributed by atoms with Crippen molar-refractivity contribution in [2.75, 3.05) is 27.4 Å². The normalized spacial score (nSPS) is 12.0. The van der Waals surface area contributed by atoms with Gasteiger partial charge in [-0.15, -0.1) is 0 Å². The molecule has 0 aliphatic carbocycles. The maximum atomic E-state index is 5.68. The summed E-state index contributed by atoms with van der Waals surface area (Å²) >= 11 is 0. The summed E-state index contributed by atoms with van der Waals surface area (Å²) < 4.78 is 21.4. The Morgan fingerprint density at radius 2 is 1.06 bits per heavy atom. The first-order chi connectivity index (χ1) is 8.36. The molecule has 4 nitrogen and oxygen atoms in total. The molecule has 112 valence electrons. The predicted molar refractivity (Wildman–Crippen MR) is 81.5 cm³/mol. The van der Waals surface area contributed by atoms with Crippen molar-refractivity contribution in [3.8, 4) is 0 Å². The van der Waals surface area contributed by atoms with Gasteiger partial charge in [-0.2, -0.15) is 0 Å². The van der Waals surface area contributed by atoms with E-state index in [0.717, 1.165) is 25.3 Å². The summed E-state index contributed by atoms with van der Waals surface area (Å²) in [6, 6.07) is 2.12. The highest BCUT2D eigenvalue weighted by atomic mass is 28.4. The average Bonchev–Trinajstić information content (AvgIpc) is 2.39. The molecule has 0 saturated carbocycles. The van der Waals surface area contributed by atoms with Crippen LogP contribution in [0, 0.1) is 0 Å². The Morgan fingerprint density at radius 3 is 1.17 bits per heavy atom. The van der Waals surface area contributed by atoms with Crippen molar-refractivity contribution in [1.82, 2.24) is 0 Å². The molecule has 0 aliphatic rings. The van der Waals surface area contributed by atoms with Crippen LogP contribution >= 0.6 is 0 Å². The van der Waals surface area contributed by atoms with E-state index in [1.807, 2.05) is 26.9 Å². The fourth-order valence-corrected chi connectivity index (χ4v) is 3.93. The first-order valence-corrected chi connectivity index (χ1v) is 11.8. The Kier molecular flexibility index (Phi) is 12.7. The van der Waals surface area contributed by atoms with Gasteiger partial charge in [0, 0.05) is 27.4 Å². The van der Waals surface area contributed by atoms with Crippen LogP contribution in [-0.2, 0) is 17.7 Å². The van der Waals surface area contributed by atoms with Crippen LogP contribution in [0.3, 0.4) is 0 Å². The van der Waals surface area contributed by atoms with E-state index in [9.17, 15) is 0 Å². The van der Waals surface area contributed by atoms with Crippen molar-refractivity contribution in [2.24, 2.45) is 0 Å². The van der Waals surface area contributed by atoms with Crippen molar-refractivity contribution in [3.05, 3.63) is 0 Å². The lowest BCUT2D eigenvalue weighted by molar-refractivity contribution is 0.185. The lowest BCUT2D eigenvalue weighted by Gasteiger charge is -2.27. The third-order valence-electron chi connectivity index (χ3n) is 2.88. The zero-order valence-corrected chi connectivity index (χ0v) is 15.5. The van der Waals surface area contributed by atoms with E-state index in [2.05, 4.69) is 13.8 Å². The van der Waals surface area contributed by atoms with Crippen molar-refractivity contribution in [1.29, 1.82) is 0 Å². The molecule has 0 bridgehead atoms. The van der Waals surface area contributed by atoms with Gasteiger partial charge < -0.3 is 17.7 Å². The Labute approximate surface area is 115 Å². The van der Waals surface area contributed by atoms with Gasteiger partial charge in [0.15, 0.2) is 0 Å². The number of rotatable bonds is 8. The Morgan fingerprint density at radius 1 is 0.722 bits per heavy atom. The smallest absolute Gasteiger partial charge is 0.337 e. The molecule has 18 heavy (non-hydrogen) atoms. The molecule has 0 unspecified atom stereocenters. The number of hydrogen-bond acceptors (Lipinski definition) is 4. The zero-order valence-electron chi connectivity index (χ0n) is 13.5. The summed E-state index contributed by atoms with van der Waals surface area (Å²) in [6.45, 7) is 13.9. The van der Waals surface area contributed by atoms with Crippen LogP contribution in [0.2, 0.25) is 25.2 Å². The molecule has 0 aromatic heterocycles. The van der Waals surface area contributed by atoms with E-state index in [-0.39, 0.29) is 0 Å². The van der Waals surface area contributed by atoms with Gasteiger partial charge in [-0.05, 0) is 39.0 Å². The maximum absolute atomic E-state index is 5.68. The van der Waals surface area contributed by atoms with Crippen LogP contribution < -0.4 is 0 Å². The highest BCUT2D eigenvalue weighted by Gasteiger charge is 2.32. The Bertz CT molecular complexity index is 171. The highest BCUT2D eigenvalue weighted by molar-refractivity contribution is 6.67. The minimum absolute atomic E-state index is 0.786. The topological polar surface area (TPSA) is 36.9 Å². The lowest BCUT2D eigenvalue weighted by Crippen LogP contribution is -2.40. The lowest BCUT2D eigenvalue weighted by atomic mass is 10.9. The molecule has 0 radical (unpaired) electrons. The number of hydrogen-bond donors (Lipinski definition) is 0. The third-order valence-corrected chi connectivity index (χ3v) is 8.63. The van der Waals surface area contributed by atoms with Crippen LogP contribution in [0.25, 0.3) is 0 Å². The predicted octanol–water partition coefficient (Wildman–Crippen LogP) is 3.52. The van der Waals surface area contributed by atoms with Crippen LogP contribution in [0.15, 0.2) is 0 Å². The molecular weight excluding hydrogens is 264 g/mol. The SMILES string of the molecule is CCO[Si](CC)(CC)OCC.CO[Si](C)(C)OC. The average molecular weight is 297 g/mol. The molecule has 0 atom stereocenters. The van der Waals surface area contributed by atoms with Gasteiger partial charge in [0.25, 0.3) is 0 Å². The molecule has 6 heteroatoms. The monoisotopic (exact) mass is 296 g/mol. The molecule has 0 heterocycles. The molecule has 0 rings (SSSR count). The van der Waals surface area contributed by atoms with E-state index in [1.54, 1.807) is 14.2 Å².